The standard InChI is InChI=1S/C11H14N6O3/c1-8-7-10(17(19)20)14-16(8)6-4-11(18)12-9-3-5-15(2)13-9/h3,5,7H,4,6H2,1-2H3,(H,12,13,18). The summed E-state index contributed by atoms with van der Waals surface area (Å²) in [7, 11) is 1.75. The lowest BCUT2D eigenvalue weighted by Crippen LogP contribution is -2.16. The first-order valence-electron chi connectivity index (χ1n) is 5.94. The van der Waals surface area contributed by atoms with Gasteiger partial charge in [-0.05, 0) is 11.8 Å². The molecule has 0 fully saturated rings. The molecule has 9 heteroatoms. The van der Waals surface area contributed by atoms with Crippen LogP contribution in [0.3, 0.4) is 0 Å². The van der Waals surface area contributed by atoms with Crippen LogP contribution in [0.15, 0.2) is 18.3 Å². The summed E-state index contributed by atoms with van der Waals surface area (Å²) in [5.41, 5.74) is 0.641. The van der Waals surface area contributed by atoms with Gasteiger partial charge in [0, 0.05) is 25.7 Å². The monoisotopic (exact) mass is 278 g/mol. The van der Waals surface area contributed by atoms with Crippen LogP contribution in [-0.4, -0.2) is 30.4 Å². The molecule has 106 valence electrons. The quantitative estimate of drug-likeness (QED) is 0.644. The van der Waals surface area contributed by atoms with Gasteiger partial charge in [0.05, 0.1) is 23.4 Å². The van der Waals surface area contributed by atoms with Crippen LogP contribution in [0.5, 0.6) is 0 Å². The topological polar surface area (TPSA) is 108 Å². The Kier molecular flexibility index (Phi) is 3.78. The van der Waals surface area contributed by atoms with Gasteiger partial charge in [0.1, 0.15) is 0 Å². The molecular formula is C11H14N6O3. The molecule has 0 saturated carbocycles. The van der Waals surface area contributed by atoms with E-state index in [1.807, 2.05) is 0 Å². The number of anilines is 1. The fourth-order valence-corrected chi connectivity index (χ4v) is 1.70. The Morgan fingerprint density at radius 3 is 2.80 bits per heavy atom. The Labute approximate surface area is 114 Å². The summed E-state index contributed by atoms with van der Waals surface area (Å²) in [6.45, 7) is 1.98. The Bertz CT molecular complexity index is 644. The van der Waals surface area contributed by atoms with Gasteiger partial charge in [-0.1, -0.05) is 0 Å². The molecule has 0 aliphatic carbocycles. The predicted molar refractivity (Wildman–Crippen MR) is 70.1 cm³/mol. The molecule has 1 N–H and O–H groups in total. The Hall–Kier alpha value is -2.71. The molecule has 2 rings (SSSR count). The van der Waals surface area contributed by atoms with Gasteiger partial charge in [0.2, 0.25) is 5.91 Å². The molecule has 0 saturated heterocycles. The fraction of sp³-hybridized carbons (Fsp3) is 0.364. The van der Waals surface area contributed by atoms with E-state index >= 15 is 0 Å². The Balaban J connectivity index is 1.91. The summed E-state index contributed by atoms with van der Waals surface area (Å²) in [5, 5.41) is 21.1. The van der Waals surface area contributed by atoms with E-state index in [1.165, 1.54) is 10.7 Å². The van der Waals surface area contributed by atoms with Gasteiger partial charge < -0.3 is 15.4 Å². The van der Waals surface area contributed by atoms with Crippen molar-refractivity contribution in [1.82, 2.24) is 19.6 Å². The van der Waals surface area contributed by atoms with Gasteiger partial charge in [-0.15, -0.1) is 0 Å². The lowest BCUT2D eigenvalue weighted by Gasteiger charge is -2.01. The van der Waals surface area contributed by atoms with E-state index in [1.54, 1.807) is 30.9 Å². The van der Waals surface area contributed by atoms with Crippen molar-refractivity contribution in [2.45, 2.75) is 19.9 Å². The largest absolute Gasteiger partial charge is 0.390 e. The molecule has 0 aliphatic heterocycles. The first-order chi connectivity index (χ1) is 9.45. The van der Waals surface area contributed by atoms with Crippen molar-refractivity contribution in [3.8, 4) is 0 Å². The fourth-order valence-electron chi connectivity index (χ4n) is 1.70. The average Bonchev–Trinajstić information content (AvgIpc) is 2.93. The molecule has 2 aromatic heterocycles. The molecule has 9 nitrogen and oxygen atoms in total. The Morgan fingerprint density at radius 1 is 1.50 bits per heavy atom. The maximum Gasteiger partial charge on any atom is 0.390 e. The highest BCUT2D eigenvalue weighted by atomic mass is 16.6. The first kappa shape index (κ1) is 13.7. The number of amides is 1. The number of aryl methyl sites for hydroxylation is 3. The molecule has 0 unspecified atom stereocenters. The highest BCUT2D eigenvalue weighted by Gasteiger charge is 2.16. The number of hydrogen-bond acceptors (Lipinski definition) is 5. The number of rotatable bonds is 5. The van der Waals surface area contributed by atoms with Crippen LogP contribution in [0.4, 0.5) is 11.6 Å². The smallest absolute Gasteiger partial charge is 0.358 e. The van der Waals surface area contributed by atoms with Crippen LogP contribution in [-0.2, 0) is 18.4 Å². The van der Waals surface area contributed by atoms with Crippen LogP contribution in [0.1, 0.15) is 12.1 Å². The third kappa shape index (κ3) is 3.19. The summed E-state index contributed by atoms with van der Waals surface area (Å²) < 4.78 is 3.02. The maximum atomic E-state index is 11.7. The summed E-state index contributed by atoms with van der Waals surface area (Å²) >= 11 is 0. The van der Waals surface area contributed by atoms with Gasteiger partial charge in [-0.2, -0.15) is 9.78 Å². The predicted octanol–water partition coefficient (Wildman–Crippen LogP) is 0.862. The van der Waals surface area contributed by atoms with E-state index in [9.17, 15) is 14.9 Å². The summed E-state index contributed by atoms with van der Waals surface area (Å²) in [5.74, 6) is 0.0366. The van der Waals surface area contributed by atoms with Crippen molar-refractivity contribution >= 4 is 17.5 Å². The number of nitro groups is 1. The number of carbonyl (C=O) groups excluding carboxylic acids is 1. The van der Waals surface area contributed by atoms with Crippen molar-refractivity contribution < 1.29 is 9.72 Å². The second kappa shape index (κ2) is 5.51. The zero-order chi connectivity index (χ0) is 14.7. The van der Waals surface area contributed by atoms with Gasteiger partial charge in [-0.25, -0.2) is 0 Å². The maximum absolute atomic E-state index is 11.7. The van der Waals surface area contributed by atoms with Gasteiger partial charge >= 0.3 is 5.82 Å². The summed E-state index contributed by atoms with van der Waals surface area (Å²) in [6, 6.07) is 3.05. The highest BCUT2D eigenvalue weighted by molar-refractivity contribution is 5.89. The van der Waals surface area contributed by atoms with Crippen molar-refractivity contribution in [3.05, 3.63) is 34.1 Å². The van der Waals surface area contributed by atoms with Gasteiger partial charge in [0.25, 0.3) is 0 Å². The highest BCUT2D eigenvalue weighted by Crippen LogP contribution is 2.11. The van der Waals surface area contributed by atoms with Crippen molar-refractivity contribution in [2.75, 3.05) is 5.32 Å². The third-order valence-electron chi connectivity index (χ3n) is 2.69. The van der Waals surface area contributed by atoms with Crippen molar-refractivity contribution in [1.29, 1.82) is 0 Å². The minimum atomic E-state index is -0.558. The third-order valence-corrected chi connectivity index (χ3v) is 2.69. The molecule has 0 aromatic carbocycles. The Morgan fingerprint density at radius 2 is 2.25 bits per heavy atom. The zero-order valence-corrected chi connectivity index (χ0v) is 11.1. The van der Waals surface area contributed by atoms with Crippen LogP contribution < -0.4 is 5.32 Å². The second-order valence-corrected chi connectivity index (χ2v) is 4.30. The molecule has 0 radical (unpaired) electrons. The molecule has 20 heavy (non-hydrogen) atoms. The SMILES string of the molecule is Cc1cc([N+](=O)[O-])nn1CCC(=O)Nc1ccn(C)n1. The minimum Gasteiger partial charge on any atom is -0.358 e. The summed E-state index contributed by atoms with van der Waals surface area (Å²) in [6.07, 6.45) is 1.88. The van der Waals surface area contributed by atoms with Crippen LogP contribution >= 0.6 is 0 Å². The average molecular weight is 278 g/mol. The number of nitrogens with one attached hydrogen (secondary N) is 1. The molecule has 2 aromatic rings. The van der Waals surface area contributed by atoms with E-state index in [0.717, 1.165) is 0 Å². The molecule has 1 amide bonds. The van der Waals surface area contributed by atoms with E-state index in [2.05, 4.69) is 15.5 Å². The van der Waals surface area contributed by atoms with Crippen molar-refractivity contribution in [2.24, 2.45) is 7.05 Å². The molecule has 0 bridgehead atoms. The van der Waals surface area contributed by atoms with Gasteiger partial charge in [-0.3, -0.25) is 9.48 Å². The normalized spacial score (nSPS) is 10.5. The van der Waals surface area contributed by atoms with E-state index in [4.69, 9.17) is 0 Å². The molecule has 0 spiro atoms. The zero-order valence-electron chi connectivity index (χ0n) is 11.1. The second-order valence-electron chi connectivity index (χ2n) is 4.30. The van der Waals surface area contributed by atoms with Gasteiger partial charge in [0.15, 0.2) is 5.82 Å². The van der Waals surface area contributed by atoms with Crippen LogP contribution in [0, 0.1) is 17.0 Å². The first-order valence-corrected chi connectivity index (χ1v) is 5.94. The number of hydrogen-bond donors (Lipinski definition) is 1. The number of aromatic nitrogens is 4. The number of nitrogens with zero attached hydrogens (tertiary/aromatic N) is 5. The van der Waals surface area contributed by atoms with E-state index in [0.29, 0.717) is 11.5 Å². The van der Waals surface area contributed by atoms with E-state index < -0.39 is 4.92 Å². The number of carbonyl (C=O) groups is 1. The molecular weight excluding hydrogens is 264 g/mol. The van der Waals surface area contributed by atoms with E-state index in [-0.39, 0.29) is 24.7 Å². The lowest BCUT2D eigenvalue weighted by atomic mass is 10.4. The molecule has 0 aliphatic rings. The van der Waals surface area contributed by atoms with Crippen molar-refractivity contribution in [3.63, 3.8) is 0 Å². The molecule has 2 heterocycles. The minimum absolute atomic E-state index is 0.163. The van der Waals surface area contributed by atoms with Crippen LogP contribution in [0.25, 0.3) is 0 Å². The summed E-state index contributed by atoms with van der Waals surface area (Å²) in [4.78, 5) is 21.7. The molecule has 0 atom stereocenters. The lowest BCUT2D eigenvalue weighted by molar-refractivity contribution is -0.389. The van der Waals surface area contributed by atoms with Crippen LogP contribution in [0.2, 0.25) is 0 Å².